The second-order valence-corrected chi connectivity index (χ2v) is 15.1. The number of nitrogens with one attached hydrogen (secondary N) is 1. The number of benzene rings is 5. The third kappa shape index (κ3) is 14.6. The van der Waals surface area contributed by atoms with E-state index in [2.05, 4.69) is 5.32 Å². The van der Waals surface area contributed by atoms with Gasteiger partial charge in [0.1, 0.15) is 37.1 Å². The molecule has 0 aromatic heterocycles. The van der Waals surface area contributed by atoms with Crippen LogP contribution in [-0.2, 0) is 71.0 Å². The minimum atomic E-state index is -1.00. The Labute approximate surface area is 358 Å². The van der Waals surface area contributed by atoms with Gasteiger partial charge in [0.25, 0.3) is 0 Å². The van der Waals surface area contributed by atoms with Crippen LogP contribution in [0.1, 0.15) is 47.1 Å². The summed E-state index contributed by atoms with van der Waals surface area (Å²) < 4.78 is 44.3. The van der Waals surface area contributed by atoms with Crippen molar-refractivity contribution < 1.29 is 47.9 Å². The molecule has 1 fully saturated rings. The molecule has 2 N–H and O–H groups in total. The SMILES string of the molecule is COC(=O)[C@H](CC[C@H](CO)C[C@@H]1O[C@H](COCc2ccccc2)[C@H](OCc2ccccc2)[C@H](OCc2ccccc2)[C@H]1OCc1ccccc1)NC(=O)OCc1ccccc1. The van der Waals surface area contributed by atoms with E-state index in [4.69, 9.17) is 33.2 Å². The van der Waals surface area contributed by atoms with Gasteiger partial charge in [0, 0.05) is 6.61 Å². The van der Waals surface area contributed by atoms with Gasteiger partial charge in [-0.15, -0.1) is 0 Å². The molecule has 0 unspecified atom stereocenters. The summed E-state index contributed by atoms with van der Waals surface area (Å²) in [6.07, 6.45) is -2.94. The van der Waals surface area contributed by atoms with Crippen LogP contribution >= 0.6 is 0 Å². The summed E-state index contributed by atoms with van der Waals surface area (Å²) in [6.45, 7) is 1.28. The Hall–Kier alpha value is -5.40. The van der Waals surface area contributed by atoms with E-state index in [1.54, 1.807) is 0 Å². The van der Waals surface area contributed by atoms with Gasteiger partial charge in [-0.2, -0.15) is 0 Å². The van der Waals surface area contributed by atoms with Gasteiger partial charge in [-0.3, -0.25) is 0 Å². The van der Waals surface area contributed by atoms with Crippen molar-refractivity contribution in [2.45, 2.75) is 88.9 Å². The highest BCUT2D eigenvalue weighted by Crippen LogP contribution is 2.34. The van der Waals surface area contributed by atoms with Crippen LogP contribution < -0.4 is 5.32 Å². The van der Waals surface area contributed by atoms with Crippen LogP contribution in [0.2, 0.25) is 0 Å². The molecule has 0 spiro atoms. The standard InChI is InChI=1S/C50H57NO10/c1-55-49(53)43(51-50(54)60-35-41-25-15-6-16-26-41)28-27-42(30-52)29-44-46(57-32-38-19-9-3-10-20-38)48(59-34-40-23-13-5-14-24-40)47(58-33-39-21-11-4-12-22-39)45(61-44)36-56-31-37-17-7-2-8-18-37/h2-26,42-48,52H,27-36H2,1H3,(H,51,54)/t42-,43-,44-,45+,46-,47-,48+/m0/s1. The molecule has 1 heterocycles. The van der Waals surface area contributed by atoms with E-state index in [-0.39, 0.29) is 38.8 Å². The summed E-state index contributed by atoms with van der Waals surface area (Å²) in [6, 6.07) is 48.0. The Kier molecular flexibility index (Phi) is 18.3. The van der Waals surface area contributed by atoms with E-state index in [9.17, 15) is 14.7 Å². The smallest absolute Gasteiger partial charge is 0.408 e. The molecule has 0 radical (unpaired) electrons. The highest BCUT2D eigenvalue weighted by molar-refractivity contribution is 5.81. The molecule has 1 aliphatic heterocycles. The van der Waals surface area contributed by atoms with E-state index in [0.29, 0.717) is 32.7 Å². The normalized spacial score (nSPS) is 19.7. The first-order valence-corrected chi connectivity index (χ1v) is 20.9. The zero-order valence-corrected chi connectivity index (χ0v) is 34.7. The Morgan fingerprint density at radius 2 is 1.00 bits per heavy atom. The number of amides is 1. The molecule has 0 saturated carbocycles. The number of carbonyl (C=O) groups is 2. The summed E-state index contributed by atoms with van der Waals surface area (Å²) >= 11 is 0. The van der Waals surface area contributed by atoms with E-state index in [1.807, 2.05) is 152 Å². The van der Waals surface area contributed by atoms with Crippen molar-refractivity contribution in [3.8, 4) is 0 Å². The molecule has 11 nitrogen and oxygen atoms in total. The fourth-order valence-electron chi connectivity index (χ4n) is 7.39. The van der Waals surface area contributed by atoms with Crippen molar-refractivity contribution >= 4 is 12.1 Å². The lowest BCUT2D eigenvalue weighted by Crippen LogP contribution is -2.61. The van der Waals surface area contributed by atoms with Crippen LogP contribution in [0.5, 0.6) is 0 Å². The highest BCUT2D eigenvalue weighted by atomic mass is 16.6. The quantitative estimate of drug-likeness (QED) is 0.0626. The van der Waals surface area contributed by atoms with Gasteiger partial charge >= 0.3 is 12.1 Å². The monoisotopic (exact) mass is 831 g/mol. The molecule has 5 aromatic carbocycles. The molecule has 1 aliphatic rings. The first-order valence-electron chi connectivity index (χ1n) is 20.9. The molecular formula is C50H57NO10. The van der Waals surface area contributed by atoms with E-state index in [1.165, 1.54) is 7.11 Å². The van der Waals surface area contributed by atoms with Gasteiger partial charge in [0.05, 0.1) is 46.2 Å². The summed E-state index contributed by atoms with van der Waals surface area (Å²) in [7, 11) is 1.27. The van der Waals surface area contributed by atoms with Gasteiger partial charge in [-0.25, -0.2) is 9.59 Å². The molecule has 6 rings (SSSR count). The average molecular weight is 832 g/mol. The Balaban J connectivity index is 1.25. The number of aliphatic hydroxyl groups is 1. The number of hydrogen-bond acceptors (Lipinski definition) is 10. The number of alkyl carbamates (subject to hydrolysis) is 1. The lowest BCUT2D eigenvalue weighted by Gasteiger charge is -2.47. The molecule has 1 saturated heterocycles. The summed E-state index contributed by atoms with van der Waals surface area (Å²) in [5.74, 6) is -0.987. The maximum atomic E-state index is 12.9. The van der Waals surface area contributed by atoms with Crippen LogP contribution in [0.25, 0.3) is 0 Å². The van der Waals surface area contributed by atoms with Gasteiger partial charge in [-0.1, -0.05) is 152 Å². The number of aliphatic hydroxyl groups excluding tert-OH is 1. The number of carbonyl (C=O) groups excluding carboxylic acids is 2. The minimum Gasteiger partial charge on any atom is -0.467 e. The molecule has 1 amide bonds. The summed E-state index contributed by atoms with van der Waals surface area (Å²) in [4.78, 5) is 25.8. The summed E-state index contributed by atoms with van der Waals surface area (Å²) in [5, 5.41) is 13.5. The molecule has 0 aliphatic carbocycles. The fraction of sp³-hybridized carbons (Fsp3) is 0.360. The molecule has 0 bridgehead atoms. The van der Waals surface area contributed by atoms with E-state index in [0.717, 1.165) is 27.8 Å². The Morgan fingerprint density at radius 1 is 0.574 bits per heavy atom. The van der Waals surface area contributed by atoms with Crippen LogP contribution in [0, 0.1) is 5.92 Å². The predicted octanol–water partition coefficient (Wildman–Crippen LogP) is 7.97. The second-order valence-electron chi connectivity index (χ2n) is 15.1. The maximum Gasteiger partial charge on any atom is 0.408 e. The topological polar surface area (TPSA) is 131 Å². The van der Waals surface area contributed by atoms with Crippen LogP contribution in [0.3, 0.4) is 0 Å². The molecule has 322 valence electrons. The highest BCUT2D eigenvalue weighted by Gasteiger charge is 2.49. The second kappa shape index (κ2) is 24.8. The van der Waals surface area contributed by atoms with Crippen LogP contribution in [-0.4, -0.2) is 74.1 Å². The predicted molar refractivity (Wildman–Crippen MR) is 230 cm³/mol. The van der Waals surface area contributed by atoms with Crippen LogP contribution in [0.15, 0.2) is 152 Å². The van der Waals surface area contributed by atoms with Crippen molar-refractivity contribution in [3.05, 3.63) is 179 Å². The number of hydrogen-bond donors (Lipinski definition) is 2. The average Bonchev–Trinajstić information content (AvgIpc) is 3.31. The minimum absolute atomic E-state index is 0.0447. The molecule has 61 heavy (non-hydrogen) atoms. The van der Waals surface area contributed by atoms with Gasteiger partial charge < -0.3 is 43.6 Å². The zero-order valence-electron chi connectivity index (χ0n) is 34.7. The third-order valence-corrected chi connectivity index (χ3v) is 10.7. The third-order valence-electron chi connectivity index (χ3n) is 10.7. The molecule has 11 heteroatoms. The molecule has 5 aromatic rings. The lowest BCUT2D eigenvalue weighted by atomic mass is 9.87. The van der Waals surface area contributed by atoms with Crippen molar-refractivity contribution in [1.82, 2.24) is 5.32 Å². The number of ether oxygens (including phenoxy) is 7. The molecule has 7 atom stereocenters. The number of rotatable bonds is 23. The maximum absolute atomic E-state index is 12.9. The lowest BCUT2D eigenvalue weighted by molar-refractivity contribution is -0.275. The summed E-state index contributed by atoms with van der Waals surface area (Å²) in [5.41, 5.74) is 4.79. The zero-order chi connectivity index (χ0) is 42.5. The first kappa shape index (κ1) is 45.1. The van der Waals surface area contributed by atoms with Crippen molar-refractivity contribution in [3.63, 3.8) is 0 Å². The van der Waals surface area contributed by atoms with Gasteiger partial charge in [0.15, 0.2) is 0 Å². The van der Waals surface area contributed by atoms with Crippen molar-refractivity contribution in [2.75, 3.05) is 20.3 Å². The van der Waals surface area contributed by atoms with E-state index >= 15 is 0 Å². The van der Waals surface area contributed by atoms with E-state index < -0.39 is 48.6 Å². The molecular weight excluding hydrogens is 775 g/mol. The van der Waals surface area contributed by atoms with Gasteiger partial charge in [-0.05, 0) is 53.0 Å². The Morgan fingerprint density at radius 3 is 1.46 bits per heavy atom. The Bertz CT molecular complexity index is 1970. The van der Waals surface area contributed by atoms with Crippen LogP contribution in [0.4, 0.5) is 4.79 Å². The van der Waals surface area contributed by atoms with Crippen molar-refractivity contribution in [2.24, 2.45) is 5.92 Å². The van der Waals surface area contributed by atoms with Gasteiger partial charge in [0.2, 0.25) is 0 Å². The fourth-order valence-corrected chi connectivity index (χ4v) is 7.39. The first-order chi connectivity index (χ1) is 30.0. The number of methoxy groups -OCH3 is 1. The number of esters is 1. The largest absolute Gasteiger partial charge is 0.467 e. The van der Waals surface area contributed by atoms with Crippen molar-refractivity contribution in [1.29, 1.82) is 0 Å².